The van der Waals surface area contributed by atoms with Crippen LogP contribution < -0.4 is 4.90 Å². The Labute approximate surface area is 229 Å². The van der Waals surface area contributed by atoms with Gasteiger partial charge >= 0.3 is 24.6 Å². The molecule has 226 valence electrons. The summed E-state index contributed by atoms with van der Waals surface area (Å²) >= 11 is 0. The molecule has 0 radical (unpaired) electrons. The molecule has 3 unspecified atom stereocenters. The lowest BCUT2D eigenvalue weighted by Crippen LogP contribution is -2.36. The molecule has 4 rings (SSSR count). The van der Waals surface area contributed by atoms with Crippen molar-refractivity contribution in [1.82, 2.24) is 9.88 Å². The van der Waals surface area contributed by atoms with Crippen LogP contribution in [0.5, 0.6) is 0 Å². The topological polar surface area (TPSA) is 54.9 Å². The second-order valence-electron chi connectivity index (χ2n) is 10.0. The third-order valence-corrected chi connectivity index (χ3v) is 7.24. The lowest BCUT2D eigenvalue weighted by Gasteiger charge is -2.31. The number of alkyl halides is 9. The van der Waals surface area contributed by atoms with E-state index >= 15 is 0 Å². The van der Waals surface area contributed by atoms with Gasteiger partial charge in [-0.25, -0.2) is 9.78 Å². The number of carbonyl (C=O) groups excluding carboxylic acids is 1. The second kappa shape index (κ2) is 11.2. The zero-order chi connectivity index (χ0) is 30.3. The van der Waals surface area contributed by atoms with Gasteiger partial charge in [0.1, 0.15) is 11.9 Å². The number of cyclic esters (lactones) is 1. The summed E-state index contributed by atoms with van der Waals surface area (Å²) in [6, 6.07) is 0.440. The van der Waals surface area contributed by atoms with Gasteiger partial charge in [0.15, 0.2) is 0 Å². The van der Waals surface area contributed by atoms with E-state index in [-0.39, 0.29) is 23.5 Å². The molecule has 3 atom stereocenters. The average molecular weight is 599 g/mol. The zero-order valence-electron chi connectivity index (χ0n) is 21.8. The zero-order valence-corrected chi connectivity index (χ0v) is 21.8. The molecule has 41 heavy (non-hydrogen) atoms. The molecule has 2 fully saturated rings. The van der Waals surface area contributed by atoms with E-state index in [9.17, 15) is 44.3 Å². The molecule has 15 heteroatoms. The van der Waals surface area contributed by atoms with Crippen LogP contribution in [-0.4, -0.2) is 48.3 Å². The van der Waals surface area contributed by atoms with Crippen LogP contribution in [0.15, 0.2) is 30.5 Å². The SMILES string of the molecule is CC1C(c2cc(C(F)(F)F)cc(C(F)(F)F)c2)OC(=O)N1Cc1cc(C(F)(F)F)cnc1N(C)C1CCCOCC1. The van der Waals surface area contributed by atoms with Crippen LogP contribution in [0.3, 0.4) is 0 Å². The van der Waals surface area contributed by atoms with Gasteiger partial charge in [0.05, 0.1) is 29.3 Å². The van der Waals surface area contributed by atoms with Crippen molar-refractivity contribution in [2.24, 2.45) is 0 Å². The van der Waals surface area contributed by atoms with Gasteiger partial charge in [0.25, 0.3) is 0 Å². The van der Waals surface area contributed by atoms with Crippen molar-refractivity contribution >= 4 is 11.9 Å². The number of carbonyl (C=O) groups is 1. The highest BCUT2D eigenvalue weighted by atomic mass is 19.4. The molecule has 2 aromatic rings. The molecule has 0 spiro atoms. The quantitative estimate of drug-likeness (QED) is 0.340. The summed E-state index contributed by atoms with van der Waals surface area (Å²) in [5.74, 6) is 0.145. The van der Waals surface area contributed by atoms with Crippen LogP contribution in [0.1, 0.15) is 60.1 Å². The minimum Gasteiger partial charge on any atom is -0.439 e. The van der Waals surface area contributed by atoms with Crippen molar-refractivity contribution in [3.05, 3.63) is 58.3 Å². The van der Waals surface area contributed by atoms with E-state index in [1.54, 1.807) is 11.9 Å². The molecule has 0 saturated carbocycles. The normalized spacial score (nSPS) is 22.5. The molecule has 0 N–H and O–H groups in total. The smallest absolute Gasteiger partial charge is 0.417 e. The first kappa shape index (κ1) is 30.7. The third kappa shape index (κ3) is 6.81. The summed E-state index contributed by atoms with van der Waals surface area (Å²) in [5, 5.41) is 0. The Bertz CT molecular complexity index is 1220. The van der Waals surface area contributed by atoms with Gasteiger partial charge in [0, 0.05) is 38.1 Å². The standard InChI is InChI=1S/C26H26F9N3O3/c1-14-21(15-8-17(24(27,28)29)11-18(9-15)25(30,31)32)41-23(39)38(14)13-16-10-19(26(33,34)35)12-36-22(16)37(2)20-4-3-6-40-7-5-20/h8-12,14,20-21H,3-7,13H2,1-2H3. The number of rotatable bonds is 5. The molecule has 1 aromatic heterocycles. The number of pyridine rings is 1. The van der Waals surface area contributed by atoms with Gasteiger partial charge in [-0.05, 0) is 56.0 Å². The maximum absolute atomic E-state index is 13.6. The van der Waals surface area contributed by atoms with Gasteiger partial charge < -0.3 is 14.4 Å². The van der Waals surface area contributed by atoms with Gasteiger partial charge in [0.2, 0.25) is 0 Å². The number of nitrogens with zero attached hydrogens (tertiary/aromatic N) is 3. The fraction of sp³-hybridized carbons (Fsp3) is 0.538. The van der Waals surface area contributed by atoms with E-state index in [2.05, 4.69) is 4.98 Å². The first-order valence-electron chi connectivity index (χ1n) is 12.6. The lowest BCUT2D eigenvalue weighted by molar-refractivity contribution is -0.143. The van der Waals surface area contributed by atoms with Crippen molar-refractivity contribution < 1.29 is 53.8 Å². The minimum atomic E-state index is -5.12. The summed E-state index contributed by atoms with van der Waals surface area (Å²) in [6.45, 7) is 1.80. The van der Waals surface area contributed by atoms with Crippen molar-refractivity contribution in [3.63, 3.8) is 0 Å². The molecule has 3 heterocycles. The largest absolute Gasteiger partial charge is 0.439 e. The van der Waals surface area contributed by atoms with Gasteiger partial charge in [-0.3, -0.25) is 4.90 Å². The van der Waals surface area contributed by atoms with Gasteiger partial charge in [-0.15, -0.1) is 0 Å². The lowest BCUT2D eigenvalue weighted by atomic mass is 9.97. The van der Waals surface area contributed by atoms with Crippen LogP contribution in [0, 0.1) is 0 Å². The Morgan fingerprint density at radius 2 is 1.51 bits per heavy atom. The predicted molar refractivity (Wildman–Crippen MR) is 127 cm³/mol. The monoisotopic (exact) mass is 599 g/mol. The van der Waals surface area contributed by atoms with Crippen molar-refractivity contribution in [2.75, 3.05) is 25.2 Å². The molecule has 0 bridgehead atoms. The van der Waals surface area contributed by atoms with E-state index in [0.29, 0.717) is 50.8 Å². The first-order chi connectivity index (χ1) is 19.0. The molecule has 0 aliphatic carbocycles. The molecule has 1 aromatic carbocycles. The van der Waals surface area contributed by atoms with E-state index in [1.165, 1.54) is 6.92 Å². The Kier molecular flexibility index (Phi) is 8.40. The highest BCUT2D eigenvalue weighted by Gasteiger charge is 2.44. The number of amides is 1. The van der Waals surface area contributed by atoms with E-state index < -0.39 is 65.6 Å². The third-order valence-electron chi connectivity index (χ3n) is 7.24. The maximum atomic E-state index is 13.6. The van der Waals surface area contributed by atoms with Crippen LogP contribution in [0.2, 0.25) is 0 Å². The maximum Gasteiger partial charge on any atom is 0.417 e. The number of benzene rings is 1. The Balaban J connectivity index is 1.69. The van der Waals surface area contributed by atoms with E-state index in [0.717, 1.165) is 11.0 Å². The summed E-state index contributed by atoms with van der Waals surface area (Å²) in [6.07, 6.45) is -15.0. The number of hydrogen-bond acceptors (Lipinski definition) is 5. The second-order valence-corrected chi connectivity index (χ2v) is 10.0. The molecular formula is C26H26F9N3O3. The molecule has 1 amide bonds. The van der Waals surface area contributed by atoms with Gasteiger partial charge in [-0.2, -0.15) is 39.5 Å². The van der Waals surface area contributed by atoms with Crippen LogP contribution >= 0.6 is 0 Å². The summed E-state index contributed by atoms with van der Waals surface area (Å²) in [7, 11) is 1.64. The minimum absolute atomic E-state index is 0.0167. The molecule has 6 nitrogen and oxygen atoms in total. The van der Waals surface area contributed by atoms with Crippen LogP contribution in [-0.2, 0) is 34.5 Å². The van der Waals surface area contributed by atoms with Gasteiger partial charge in [-0.1, -0.05) is 0 Å². The first-order valence-corrected chi connectivity index (χ1v) is 12.6. The average Bonchev–Trinajstić information content (AvgIpc) is 3.05. The molecular weight excluding hydrogens is 573 g/mol. The number of anilines is 1. The summed E-state index contributed by atoms with van der Waals surface area (Å²) < 4.78 is 132. The highest BCUT2D eigenvalue weighted by molar-refractivity contribution is 5.71. The fourth-order valence-corrected chi connectivity index (χ4v) is 5.03. The fourth-order valence-electron chi connectivity index (χ4n) is 5.03. The Morgan fingerprint density at radius 3 is 2.10 bits per heavy atom. The van der Waals surface area contributed by atoms with Crippen molar-refractivity contribution in [2.45, 2.75) is 69.4 Å². The van der Waals surface area contributed by atoms with E-state index in [1.807, 2.05) is 0 Å². The summed E-state index contributed by atoms with van der Waals surface area (Å²) in [4.78, 5) is 19.5. The van der Waals surface area contributed by atoms with E-state index in [4.69, 9.17) is 9.47 Å². The van der Waals surface area contributed by atoms with Crippen molar-refractivity contribution in [3.8, 4) is 0 Å². The number of aromatic nitrogens is 1. The van der Waals surface area contributed by atoms with Crippen LogP contribution in [0.4, 0.5) is 50.1 Å². The molecule has 2 aliphatic heterocycles. The Hall–Kier alpha value is -3.23. The summed E-state index contributed by atoms with van der Waals surface area (Å²) in [5.41, 5.74) is -4.81. The Morgan fingerprint density at radius 1 is 0.902 bits per heavy atom. The van der Waals surface area contributed by atoms with Crippen LogP contribution in [0.25, 0.3) is 0 Å². The molecule has 2 aliphatic rings. The highest BCUT2D eigenvalue weighted by Crippen LogP contribution is 2.42. The van der Waals surface area contributed by atoms with Crippen molar-refractivity contribution in [1.29, 1.82) is 0 Å². The number of halogens is 9. The number of hydrogen-bond donors (Lipinski definition) is 0. The number of ether oxygens (including phenoxy) is 2. The predicted octanol–water partition coefficient (Wildman–Crippen LogP) is 7.23. The molecule has 2 saturated heterocycles.